The smallest absolute Gasteiger partial charge is 0.257 e. The molecule has 0 atom stereocenters. The van der Waals surface area contributed by atoms with Crippen molar-refractivity contribution in [3.8, 4) is 22.8 Å². The molecule has 1 N–H and O–H groups in total. The number of likely N-dealkylation sites (tertiary alicyclic amines) is 1. The summed E-state index contributed by atoms with van der Waals surface area (Å²) in [7, 11) is 0. The molecule has 152 valence electrons. The molecule has 2 aliphatic heterocycles. The van der Waals surface area contributed by atoms with Gasteiger partial charge in [-0.15, -0.1) is 11.3 Å². The molecular formula is C22H19N3O4S. The van der Waals surface area contributed by atoms with Crippen molar-refractivity contribution in [1.82, 2.24) is 9.88 Å². The first kappa shape index (κ1) is 18.6. The van der Waals surface area contributed by atoms with Crippen LogP contribution < -0.4 is 14.8 Å². The maximum Gasteiger partial charge on any atom is 0.257 e. The van der Waals surface area contributed by atoms with E-state index in [2.05, 4.69) is 10.3 Å². The van der Waals surface area contributed by atoms with Crippen molar-refractivity contribution < 1.29 is 19.1 Å². The minimum Gasteiger partial charge on any atom is -0.454 e. The molecule has 30 heavy (non-hydrogen) atoms. The number of hydrogen-bond donors (Lipinski definition) is 1. The maximum atomic E-state index is 12.6. The van der Waals surface area contributed by atoms with Crippen LogP contribution in [0.25, 0.3) is 11.3 Å². The van der Waals surface area contributed by atoms with Crippen LogP contribution in [0.15, 0.2) is 47.8 Å². The maximum absolute atomic E-state index is 12.6. The molecule has 1 fully saturated rings. The van der Waals surface area contributed by atoms with Gasteiger partial charge in [0.15, 0.2) is 16.6 Å². The molecule has 8 heteroatoms. The van der Waals surface area contributed by atoms with Crippen molar-refractivity contribution in [3.63, 3.8) is 0 Å². The van der Waals surface area contributed by atoms with Gasteiger partial charge in [-0.3, -0.25) is 14.9 Å². The predicted molar refractivity (Wildman–Crippen MR) is 113 cm³/mol. The predicted octanol–water partition coefficient (Wildman–Crippen LogP) is 3.91. The van der Waals surface area contributed by atoms with Crippen LogP contribution in [0.2, 0.25) is 0 Å². The fourth-order valence-corrected chi connectivity index (χ4v) is 4.26. The fraction of sp³-hybridized carbons (Fsp3) is 0.227. The van der Waals surface area contributed by atoms with E-state index in [1.165, 1.54) is 11.3 Å². The number of thiazole rings is 1. The average molecular weight is 421 g/mol. The van der Waals surface area contributed by atoms with Gasteiger partial charge in [-0.1, -0.05) is 12.1 Å². The number of fused-ring (bicyclic) bond motifs is 1. The second kappa shape index (κ2) is 7.79. The number of hydrogen-bond acceptors (Lipinski definition) is 6. The Labute approximate surface area is 177 Å². The van der Waals surface area contributed by atoms with E-state index < -0.39 is 0 Å². The number of aromatic nitrogens is 1. The molecule has 0 spiro atoms. The van der Waals surface area contributed by atoms with Gasteiger partial charge in [-0.2, -0.15) is 0 Å². The molecule has 0 aliphatic carbocycles. The first-order valence-electron chi connectivity index (χ1n) is 9.69. The van der Waals surface area contributed by atoms with Crippen LogP contribution >= 0.6 is 11.3 Å². The van der Waals surface area contributed by atoms with Crippen LogP contribution in [-0.2, 0) is 11.3 Å². The van der Waals surface area contributed by atoms with Gasteiger partial charge in [0.1, 0.15) is 0 Å². The van der Waals surface area contributed by atoms with E-state index in [4.69, 9.17) is 9.47 Å². The third-order valence-corrected chi connectivity index (χ3v) is 5.91. The van der Waals surface area contributed by atoms with Crippen molar-refractivity contribution in [2.45, 2.75) is 19.4 Å². The number of benzene rings is 2. The SMILES string of the molecule is O=C(Nc1nc(-c2ccc3c(c2)OCO3)cs1)c1ccc(CN2CCCC2=O)cc1. The number of nitrogens with one attached hydrogen (secondary N) is 1. The molecule has 0 saturated carbocycles. The van der Waals surface area contributed by atoms with Gasteiger partial charge in [0, 0.05) is 36.0 Å². The Kier molecular flexibility index (Phi) is 4.84. The van der Waals surface area contributed by atoms with Gasteiger partial charge in [-0.25, -0.2) is 4.98 Å². The molecule has 7 nitrogen and oxygen atoms in total. The summed E-state index contributed by atoms with van der Waals surface area (Å²) in [6, 6.07) is 13.0. The summed E-state index contributed by atoms with van der Waals surface area (Å²) in [6.45, 7) is 1.62. The quantitative estimate of drug-likeness (QED) is 0.676. The molecule has 0 unspecified atom stereocenters. The summed E-state index contributed by atoms with van der Waals surface area (Å²) in [5, 5.41) is 5.27. The third kappa shape index (κ3) is 3.73. The Morgan fingerprint density at radius 1 is 1.13 bits per heavy atom. The first-order valence-corrected chi connectivity index (χ1v) is 10.6. The van der Waals surface area contributed by atoms with E-state index in [1.807, 2.05) is 40.6 Å². The Bertz CT molecular complexity index is 1110. The average Bonchev–Trinajstić information content (AvgIpc) is 3.50. The monoisotopic (exact) mass is 421 g/mol. The topological polar surface area (TPSA) is 80.8 Å². The highest BCUT2D eigenvalue weighted by atomic mass is 32.1. The van der Waals surface area contributed by atoms with E-state index in [9.17, 15) is 9.59 Å². The van der Waals surface area contributed by atoms with Crippen molar-refractivity contribution in [1.29, 1.82) is 0 Å². The number of carbonyl (C=O) groups excluding carboxylic acids is 2. The van der Waals surface area contributed by atoms with E-state index in [-0.39, 0.29) is 18.6 Å². The number of carbonyl (C=O) groups is 2. The lowest BCUT2D eigenvalue weighted by Crippen LogP contribution is -2.23. The van der Waals surface area contributed by atoms with Gasteiger partial charge in [0.25, 0.3) is 5.91 Å². The van der Waals surface area contributed by atoms with Gasteiger partial charge in [0.05, 0.1) is 5.69 Å². The highest BCUT2D eigenvalue weighted by molar-refractivity contribution is 7.14. The van der Waals surface area contributed by atoms with Crippen LogP contribution in [-0.4, -0.2) is 35.0 Å². The van der Waals surface area contributed by atoms with Gasteiger partial charge >= 0.3 is 0 Å². The summed E-state index contributed by atoms with van der Waals surface area (Å²) in [5.74, 6) is 1.39. The third-order valence-electron chi connectivity index (χ3n) is 5.15. The molecule has 2 amide bonds. The zero-order chi connectivity index (χ0) is 20.5. The number of amides is 2. The molecule has 0 bridgehead atoms. The standard InChI is InChI=1S/C22H19N3O4S/c26-20-2-1-9-25(20)11-14-3-5-15(6-4-14)21(27)24-22-23-17(12-30-22)16-7-8-18-19(10-16)29-13-28-18/h3-8,10,12H,1-2,9,11,13H2,(H,23,24,27). The second-order valence-electron chi connectivity index (χ2n) is 7.18. The number of rotatable bonds is 5. The van der Waals surface area contributed by atoms with Crippen LogP contribution in [0.1, 0.15) is 28.8 Å². The Morgan fingerprint density at radius 2 is 1.97 bits per heavy atom. The lowest BCUT2D eigenvalue weighted by Gasteiger charge is -2.15. The molecule has 1 saturated heterocycles. The van der Waals surface area contributed by atoms with Crippen LogP contribution in [0.3, 0.4) is 0 Å². The number of anilines is 1. The lowest BCUT2D eigenvalue weighted by atomic mass is 10.1. The summed E-state index contributed by atoms with van der Waals surface area (Å²) < 4.78 is 10.7. The van der Waals surface area contributed by atoms with Gasteiger partial charge in [0.2, 0.25) is 12.7 Å². The largest absolute Gasteiger partial charge is 0.454 e. The first-order chi connectivity index (χ1) is 14.7. The lowest BCUT2D eigenvalue weighted by molar-refractivity contribution is -0.128. The molecule has 2 aromatic carbocycles. The summed E-state index contributed by atoms with van der Waals surface area (Å²) in [4.78, 5) is 30.7. The summed E-state index contributed by atoms with van der Waals surface area (Å²) in [5.41, 5.74) is 3.23. The van der Waals surface area contributed by atoms with Crippen LogP contribution in [0, 0.1) is 0 Å². The second-order valence-corrected chi connectivity index (χ2v) is 8.03. The number of nitrogens with zero attached hydrogens (tertiary/aromatic N) is 2. The van der Waals surface area contributed by atoms with Crippen molar-refractivity contribution >= 4 is 28.3 Å². The summed E-state index contributed by atoms with van der Waals surface area (Å²) in [6.07, 6.45) is 1.55. The van der Waals surface area contributed by atoms with Crippen LogP contribution in [0.5, 0.6) is 11.5 Å². The highest BCUT2D eigenvalue weighted by Crippen LogP contribution is 2.36. The van der Waals surface area contributed by atoms with Crippen molar-refractivity contribution in [2.75, 3.05) is 18.7 Å². The molecule has 0 radical (unpaired) electrons. The molecule has 2 aliphatic rings. The Hall–Kier alpha value is -3.39. The van der Waals surface area contributed by atoms with Crippen molar-refractivity contribution in [3.05, 3.63) is 59.0 Å². The number of ether oxygens (including phenoxy) is 2. The Balaban J connectivity index is 1.24. The minimum atomic E-state index is -0.217. The van der Waals surface area contributed by atoms with E-state index in [0.29, 0.717) is 29.4 Å². The van der Waals surface area contributed by atoms with Crippen LogP contribution in [0.4, 0.5) is 5.13 Å². The molecule has 3 heterocycles. The molecule has 1 aromatic heterocycles. The minimum absolute atomic E-state index is 0.193. The molecule has 5 rings (SSSR count). The van der Waals surface area contributed by atoms with Gasteiger partial charge < -0.3 is 14.4 Å². The Morgan fingerprint density at radius 3 is 2.77 bits per heavy atom. The van der Waals surface area contributed by atoms with Gasteiger partial charge in [-0.05, 0) is 42.3 Å². The zero-order valence-corrected chi connectivity index (χ0v) is 16.9. The van der Waals surface area contributed by atoms with Crippen molar-refractivity contribution in [2.24, 2.45) is 0 Å². The summed E-state index contributed by atoms with van der Waals surface area (Å²) >= 11 is 1.37. The van der Waals surface area contributed by atoms with E-state index >= 15 is 0 Å². The van der Waals surface area contributed by atoms with E-state index in [1.54, 1.807) is 12.1 Å². The zero-order valence-electron chi connectivity index (χ0n) is 16.1. The highest BCUT2D eigenvalue weighted by Gasteiger charge is 2.20. The fourth-order valence-electron chi connectivity index (χ4n) is 3.54. The normalized spacial score (nSPS) is 14.9. The molecular weight excluding hydrogens is 402 g/mol. The van der Waals surface area contributed by atoms with E-state index in [0.717, 1.165) is 35.5 Å². The molecule has 3 aromatic rings.